The van der Waals surface area contributed by atoms with E-state index in [1.54, 1.807) is 75.5 Å². The van der Waals surface area contributed by atoms with Gasteiger partial charge in [0, 0.05) is 10.6 Å². The van der Waals surface area contributed by atoms with Crippen molar-refractivity contribution >= 4 is 37.6 Å². The molecule has 2 amide bonds. The quantitative estimate of drug-likeness (QED) is 0.200. The van der Waals surface area contributed by atoms with Gasteiger partial charge < -0.3 is 14.5 Å². The van der Waals surface area contributed by atoms with Crippen LogP contribution < -0.4 is 16.2 Å². The second-order valence-corrected chi connectivity index (χ2v) is 18.0. The summed E-state index contributed by atoms with van der Waals surface area (Å²) in [4.78, 5) is 39.8. The van der Waals surface area contributed by atoms with Gasteiger partial charge in [-0.25, -0.2) is 4.79 Å². The summed E-state index contributed by atoms with van der Waals surface area (Å²) in [7, 11) is -2.92. The predicted octanol–water partition coefficient (Wildman–Crippen LogP) is 8.01. The highest BCUT2D eigenvalue weighted by Crippen LogP contribution is 2.41. The van der Waals surface area contributed by atoms with Gasteiger partial charge in [-0.1, -0.05) is 94.8 Å². The monoisotopic (exact) mass is 679 g/mol. The summed E-state index contributed by atoms with van der Waals surface area (Å²) in [5.41, 5.74) is 0.379. The first kappa shape index (κ1) is 36.9. The third-order valence-electron chi connectivity index (χ3n) is 8.00. The Bertz CT molecular complexity index is 1570. The first-order valence-corrected chi connectivity index (χ1v) is 18.1. The maximum Gasteiger partial charge on any atom is 0.415 e. The molecule has 0 fully saturated rings. The van der Waals surface area contributed by atoms with E-state index in [0.717, 1.165) is 10.1 Å². The number of rotatable bonds is 11. The van der Waals surface area contributed by atoms with E-state index >= 15 is 0 Å². The summed E-state index contributed by atoms with van der Waals surface area (Å²) >= 11 is 6.42. The molecule has 0 aliphatic carbocycles. The minimum absolute atomic E-state index is 0.0467. The Balaban J connectivity index is 1.95. The van der Waals surface area contributed by atoms with Crippen molar-refractivity contribution in [2.75, 3.05) is 5.32 Å². The highest BCUT2D eigenvalue weighted by Gasteiger charge is 2.52. The second kappa shape index (κ2) is 14.9. The zero-order valence-electron chi connectivity index (χ0n) is 27.0. The Hall–Kier alpha value is -3.61. The molecule has 2 unspecified atom stereocenters. The van der Waals surface area contributed by atoms with Crippen LogP contribution in [0.1, 0.15) is 40.2 Å². The Kier molecular flexibility index (Phi) is 11.9. The molecule has 0 saturated carbocycles. The lowest BCUT2D eigenvalue weighted by Gasteiger charge is -2.42. The maximum absolute atomic E-state index is 14.5. The fraction of sp³-hybridized carbons (Fsp3) is 0.424. The number of pyridine rings is 1. The number of aromatic nitrogens is 1. The van der Waals surface area contributed by atoms with Crippen molar-refractivity contribution < 1.29 is 31.9 Å². The number of nitrogens with one attached hydrogen (secondary N) is 2. The molecule has 2 N–H and O–H groups in total. The van der Waals surface area contributed by atoms with Crippen LogP contribution in [-0.2, 0) is 27.1 Å². The molecule has 46 heavy (non-hydrogen) atoms. The van der Waals surface area contributed by atoms with Crippen LogP contribution in [-0.4, -0.2) is 43.2 Å². The first-order valence-electron chi connectivity index (χ1n) is 14.8. The Morgan fingerprint density at radius 1 is 0.957 bits per heavy atom. The fourth-order valence-electron chi connectivity index (χ4n) is 4.41. The Morgan fingerprint density at radius 2 is 1.57 bits per heavy atom. The number of amides is 2. The molecule has 0 spiro atoms. The largest absolute Gasteiger partial charge is 0.444 e. The number of nitrogens with zero attached hydrogens (tertiary/aromatic N) is 1. The number of carbonyl (C=O) groups excluding carboxylic acids is 2. The van der Waals surface area contributed by atoms with Gasteiger partial charge in [0.15, 0.2) is 14.4 Å². The number of hydrogen-bond acceptors (Lipinski definition) is 5. The molecule has 0 radical (unpaired) electrons. The van der Waals surface area contributed by atoms with Crippen molar-refractivity contribution in [2.24, 2.45) is 5.92 Å². The van der Waals surface area contributed by atoms with Gasteiger partial charge in [0.2, 0.25) is 5.91 Å². The smallest absolute Gasteiger partial charge is 0.415 e. The van der Waals surface area contributed by atoms with E-state index in [-0.39, 0.29) is 23.0 Å². The van der Waals surface area contributed by atoms with Gasteiger partial charge in [0.05, 0.1) is 11.7 Å². The van der Waals surface area contributed by atoms with Crippen molar-refractivity contribution in [3.05, 3.63) is 87.7 Å². The van der Waals surface area contributed by atoms with Crippen LogP contribution in [0, 0.1) is 5.92 Å². The van der Waals surface area contributed by atoms with E-state index in [1.807, 2.05) is 26.8 Å². The average Bonchev–Trinajstić information content (AvgIpc) is 2.95. The summed E-state index contributed by atoms with van der Waals surface area (Å²) in [5.74, 6) is -1.53. The second-order valence-electron chi connectivity index (χ2n) is 12.9. The summed E-state index contributed by atoms with van der Waals surface area (Å²) in [6, 6.07) is 16.9. The SMILES string of the molecule is CC(C)C(NC(=O)Cn1c(-c2ccccc2Cl)ccc(NC(=O)OCc2ccccc2)c1=O)C(O[Si](C)(C)C(C)(C)C)C(F)(F)F. The third-order valence-corrected chi connectivity index (χ3v) is 12.8. The van der Waals surface area contributed by atoms with Gasteiger partial charge >= 0.3 is 12.3 Å². The van der Waals surface area contributed by atoms with E-state index in [4.69, 9.17) is 20.8 Å². The lowest BCUT2D eigenvalue weighted by atomic mass is 9.98. The maximum atomic E-state index is 14.5. The number of benzene rings is 2. The van der Waals surface area contributed by atoms with Gasteiger partial charge in [-0.2, -0.15) is 13.2 Å². The number of ether oxygens (including phenoxy) is 1. The van der Waals surface area contributed by atoms with Crippen molar-refractivity contribution in [1.29, 1.82) is 0 Å². The minimum Gasteiger partial charge on any atom is -0.444 e. The van der Waals surface area contributed by atoms with Crippen LogP contribution >= 0.6 is 11.6 Å². The topological polar surface area (TPSA) is 98.7 Å². The molecule has 3 aromatic rings. The van der Waals surface area contributed by atoms with Crippen LogP contribution in [0.2, 0.25) is 23.2 Å². The molecule has 0 saturated heterocycles. The van der Waals surface area contributed by atoms with E-state index in [9.17, 15) is 27.6 Å². The van der Waals surface area contributed by atoms with Gasteiger partial charge in [-0.05, 0) is 47.8 Å². The molecule has 1 heterocycles. The molecular weight excluding hydrogens is 639 g/mol. The van der Waals surface area contributed by atoms with Crippen LogP contribution in [0.4, 0.5) is 23.7 Å². The summed E-state index contributed by atoms with van der Waals surface area (Å²) in [6.45, 7) is 11.3. The zero-order valence-corrected chi connectivity index (χ0v) is 28.8. The molecule has 13 heteroatoms. The minimum atomic E-state index is -4.78. The van der Waals surface area contributed by atoms with Crippen molar-refractivity contribution in [3.8, 4) is 11.3 Å². The van der Waals surface area contributed by atoms with Crippen LogP contribution in [0.25, 0.3) is 11.3 Å². The van der Waals surface area contributed by atoms with Gasteiger partial charge in [-0.3, -0.25) is 19.5 Å². The number of halogens is 4. The molecule has 2 atom stereocenters. The molecule has 0 aliphatic rings. The van der Waals surface area contributed by atoms with Gasteiger partial charge in [0.1, 0.15) is 18.8 Å². The summed E-state index contributed by atoms with van der Waals surface area (Å²) < 4.78 is 55.6. The number of alkyl halides is 3. The highest BCUT2D eigenvalue weighted by molar-refractivity contribution is 6.74. The van der Waals surface area contributed by atoms with Crippen molar-refractivity contribution in [2.45, 2.75) is 84.2 Å². The molecule has 2 aromatic carbocycles. The molecule has 250 valence electrons. The van der Waals surface area contributed by atoms with E-state index in [2.05, 4.69) is 10.6 Å². The lowest BCUT2D eigenvalue weighted by Crippen LogP contribution is -2.59. The molecular formula is C33H41ClF3N3O5Si. The van der Waals surface area contributed by atoms with Crippen molar-refractivity contribution in [3.63, 3.8) is 0 Å². The van der Waals surface area contributed by atoms with Crippen LogP contribution in [0.15, 0.2) is 71.5 Å². The van der Waals surface area contributed by atoms with Crippen LogP contribution in [0.5, 0.6) is 0 Å². The Morgan fingerprint density at radius 3 is 2.13 bits per heavy atom. The molecule has 3 rings (SSSR count). The highest BCUT2D eigenvalue weighted by atomic mass is 35.5. The fourth-order valence-corrected chi connectivity index (χ4v) is 5.91. The standard InChI is InChI=1S/C33H41ClF3N3O5Si/c1-21(2)28(29(33(35,36)37)45-46(6,7)32(3,4)5)39-27(41)19-40-26(23-15-11-12-16-24(23)34)18-17-25(30(40)42)38-31(43)44-20-22-13-9-8-10-14-22/h8-18,21,28-29H,19-20H2,1-7H3,(H,38,43)(H,39,41). The molecule has 0 bridgehead atoms. The predicted molar refractivity (Wildman–Crippen MR) is 176 cm³/mol. The number of hydrogen-bond donors (Lipinski definition) is 2. The summed E-state index contributed by atoms with van der Waals surface area (Å²) in [6.07, 6.45) is -7.95. The van der Waals surface area contributed by atoms with E-state index < -0.39 is 61.7 Å². The molecule has 0 aliphatic heterocycles. The number of carbonyl (C=O) groups is 2. The Labute approximate surface area is 273 Å². The molecule has 1 aromatic heterocycles. The van der Waals surface area contributed by atoms with E-state index in [0.29, 0.717) is 5.56 Å². The van der Waals surface area contributed by atoms with Crippen LogP contribution in [0.3, 0.4) is 0 Å². The third kappa shape index (κ3) is 9.46. The number of anilines is 1. The molecule has 8 nitrogen and oxygen atoms in total. The van der Waals surface area contributed by atoms with E-state index in [1.165, 1.54) is 12.1 Å². The normalized spacial score (nSPS) is 13.7. The average molecular weight is 680 g/mol. The van der Waals surface area contributed by atoms with Gasteiger partial charge in [-0.15, -0.1) is 0 Å². The summed E-state index contributed by atoms with van der Waals surface area (Å²) in [5, 5.41) is 4.66. The zero-order chi connectivity index (χ0) is 34.4. The lowest BCUT2D eigenvalue weighted by molar-refractivity contribution is -0.210. The first-order chi connectivity index (χ1) is 21.3. The van der Waals surface area contributed by atoms with Gasteiger partial charge in [0.25, 0.3) is 5.56 Å². The van der Waals surface area contributed by atoms with Crippen molar-refractivity contribution in [1.82, 2.24) is 9.88 Å².